The van der Waals surface area contributed by atoms with E-state index in [0.717, 1.165) is 49.0 Å². The van der Waals surface area contributed by atoms with Crippen LogP contribution in [0.5, 0.6) is 0 Å². The summed E-state index contributed by atoms with van der Waals surface area (Å²) in [4.78, 5) is 25.3. The zero-order valence-corrected chi connectivity index (χ0v) is 13.1. The Hall–Kier alpha value is -1.94. The van der Waals surface area contributed by atoms with Crippen LogP contribution in [-0.4, -0.2) is 42.8 Å². The Morgan fingerprint density at radius 1 is 1.27 bits per heavy atom. The molecule has 1 aromatic carbocycles. The van der Waals surface area contributed by atoms with Gasteiger partial charge in [0.25, 0.3) is 0 Å². The molecule has 0 aromatic heterocycles. The van der Waals surface area contributed by atoms with E-state index < -0.39 is 0 Å². The molecule has 116 valence electrons. The maximum Gasteiger partial charge on any atom is 0.162 e. The fourth-order valence-corrected chi connectivity index (χ4v) is 3.22. The summed E-state index contributed by atoms with van der Waals surface area (Å²) in [6.07, 6.45) is 4.86. The summed E-state index contributed by atoms with van der Waals surface area (Å²) < 4.78 is 5.58. The lowest BCUT2D eigenvalue weighted by atomic mass is 9.88. The molecule has 3 rings (SSSR count). The van der Waals surface area contributed by atoms with E-state index in [1.54, 1.807) is 19.3 Å². The fraction of sp³-hybridized carbons (Fsp3) is 0.444. The van der Waals surface area contributed by atoms with Crippen molar-refractivity contribution in [3.05, 3.63) is 41.0 Å². The number of piperidine rings is 1. The summed E-state index contributed by atoms with van der Waals surface area (Å²) in [5.41, 5.74) is 3.55. The molecule has 1 aliphatic carbocycles. The Morgan fingerprint density at radius 2 is 2.00 bits per heavy atom. The Labute approximate surface area is 130 Å². The summed E-state index contributed by atoms with van der Waals surface area (Å²) in [7, 11) is 1.75. The van der Waals surface area contributed by atoms with Crippen molar-refractivity contribution in [1.82, 2.24) is 4.90 Å². The molecule has 0 spiro atoms. The molecular weight excluding hydrogens is 278 g/mol. The molecule has 0 N–H and O–H groups in total. The van der Waals surface area contributed by atoms with Gasteiger partial charge in [-0.05, 0) is 31.4 Å². The number of aldehydes is 1. The Kier molecular flexibility index (Phi) is 3.87. The zero-order valence-electron chi connectivity index (χ0n) is 13.1. The van der Waals surface area contributed by atoms with E-state index >= 15 is 0 Å². The molecule has 0 atom stereocenters. The molecule has 0 amide bonds. The maximum absolute atomic E-state index is 12.0. The van der Waals surface area contributed by atoms with Crippen LogP contribution in [0.4, 0.5) is 0 Å². The van der Waals surface area contributed by atoms with E-state index in [4.69, 9.17) is 4.74 Å². The fourth-order valence-electron chi connectivity index (χ4n) is 3.22. The van der Waals surface area contributed by atoms with Gasteiger partial charge in [0.1, 0.15) is 6.29 Å². The summed E-state index contributed by atoms with van der Waals surface area (Å²) in [5, 5.41) is 0. The SMILES string of the molecule is COC1(C)CCN(C2=CC(=O)Cc3ccc(C=O)cc32)CC1. The van der Waals surface area contributed by atoms with Gasteiger partial charge in [-0.2, -0.15) is 0 Å². The third kappa shape index (κ3) is 2.71. The van der Waals surface area contributed by atoms with Crippen molar-refractivity contribution in [1.29, 1.82) is 0 Å². The Balaban J connectivity index is 1.91. The minimum Gasteiger partial charge on any atom is -0.378 e. The highest BCUT2D eigenvalue weighted by molar-refractivity contribution is 6.02. The van der Waals surface area contributed by atoms with Gasteiger partial charge in [0.2, 0.25) is 0 Å². The van der Waals surface area contributed by atoms with Crippen molar-refractivity contribution in [3.63, 3.8) is 0 Å². The third-order valence-corrected chi connectivity index (χ3v) is 4.86. The smallest absolute Gasteiger partial charge is 0.162 e. The molecule has 0 bridgehead atoms. The molecule has 4 nitrogen and oxygen atoms in total. The Morgan fingerprint density at radius 3 is 2.64 bits per heavy atom. The summed E-state index contributed by atoms with van der Waals surface area (Å²) in [6.45, 7) is 3.84. The van der Waals surface area contributed by atoms with Gasteiger partial charge >= 0.3 is 0 Å². The number of fused-ring (bicyclic) bond motifs is 1. The molecule has 22 heavy (non-hydrogen) atoms. The van der Waals surface area contributed by atoms with Crippen LogP contribution in [0.2, 0.25) is 0 Å². The molecule has 1 aliphatic heterocycles. The predicted octanol–water partition coefficient (Wildman–Crippen LogP) is 2.47. The number of ether oxygens (including phenoxy) is 1. The molecule has 0 radical (unpaired) electrons. The molecule has 2 aliphatic rings. The van der Waals surface area contributed by atoms with E-state index in [1.165, 1.54) is 0 Å². The highest BCUT2D eigenvalue weighted by Crippen LogP contribution is 2.33. The summed E-state index contributed by atoms with van der Waals surface area (Å²) >= 11 is 0. The van der Waals surface area contributed by atoms with Crippen LogP contribution in [0.15, 0.2) is 24.3 Å². The molecule has 1 heterocycles. The predicted molar refractivity (Wildman–Crippen MR) is 84.7 cm³/mol. The number of rotatable bonds is 3. The number of hydrogen-bond donors (Lipinski definition) is 0. The van der Waals surface area contributed by atoms with Crippen molar-refractivity contribution in [2.45, 2.75) is 31.8 Å². The minimum atomic E-state index is -0.0801. The van der Waals surface area contributed by atoms with Gasteiger partial charge in [-0.25, -0.2) is 0 Å². The van der Waals surface area contributed by atoms with Gasteiger partial charge in [0, 0.05) is 49.5 Å². The number of carbonyl (C=O) groups excluding carboxylic acids is 2. The summed E-state index contributed by atoms with van der Waals surface area (Å²) in [5.74, 6) is 0.126. The summed E-state index contributed by atoms with van der Waals surface area (Å²) in [6, 6.07) is 5.57. The van der Waals surface area contributed by atoms with Gasteiger partial charge in [-0.1, -0.05) is 12.1 Å². The number of methoxy groups -OCH3 is 1. The lowest BCUT2D eigenvalue weighted by molar-refractivity contribution is -0.114. The molecule has 1 saturated heterocycles. The number of likely N-dealkylation sites (tertiary alicyclic amines) is 1. The molecule has 1 aromatic rings. The van der Waals surface area contributed by atoms with E-state index in [2.05, 4.69) is 11.8 Å². The number of ketones is 1. The molecule has 4 heteroatoms. The standard InChI is InChI=1S/C18H21NO3/c1-18(22-2)5-7-19(8-6-18)17-11-15(21)10-14-4-3-13(12-20)9-16(14)17/h3-4,9,11-12H,5-8,10H2,1-2H3. The van der Waals surface area contributed by atoms with Crippen molar-refractivity contribution >= 4 is 17.8 Å². The highest BCUT2D eigenvalue weighted by atomic mass is 16.5. The number of benzene rings is 1. The van der Waals surface area contributed by atoms with E-state index in [-0.39, 0.29) is 11.4 Å². The van der Waals surface area contributed by atoms with Crippen molar-refractivity contribution < 1.29 is 14.3 Å². The largest absolute Gasteiger partial charge is 0.378 e. The van der Waals surface area contributed by atoms with Crippen molar-refractivity contribution in [2.24, 2.45) is 0 Å². The number of carbonyl (C=O) groups is 2. The second-order valence-electron chi connectivity index (χ2n) is 6.35. The van der Waals surface area contributed by atoms with Gasteiger partial charge in [-0.15, -0.1) is 0 Å². The van der Waals surface area contributed by atoms with Gasteiger partial charge in [0.15, 0.2) is 5.78 Å². The monoisotopic (exact) mass is 299 g/mol. The zero-order chi connectivity index (χ0) is 15.7. The second kappa shape index (κ2) is 5.69. The van der Waals surface area contributed by atoms with Crippen LogP contribution in [0.25, 0.3) is 5.70 Å². The lowest BCUT2D eigenvalue weighted by Gasteiger charge is -2.41. The number of hydrogen-bond acceptors (Lipinski definition) is 4. The minimum absolute atomic E-state index is 0.0801. The van der Waals surface area contributed by atoms with Gasteiger partial charge in [0.05, 0.1) is 5.60 Å². The van der Waals surface area contributed by atoms with E-state index in [0.29, 0.717) is 12.0 Å². The molecule has 0 unspecified atom stereocenters. The van der Waals surface area contributed by atoms with Gasteiger partial charge in [-0.3, -0.25) is 9.59 Å². The average molecular weight is 299 g/mol. The molecule has 1 fully saturated rings. The van der Waals surface area contributed by atoms with Crippen LogP contribution in [0.1, 0.15) is 41.3 Å². The molecule has 0 saturated carbocycles. The van der Waals surface area contributed by atoms with Crippen LogP contribution >= 0.6 is 0 Å². The van der Waals surface area contributed by atoms with Crippen LogP contribution in [-0.2, 0) is 16.0 Å². The van der Waals surface area contributed by atoms with Crippen molar-refractivity contribution in [3.8, 4) is 0 Å². The second-order valence-corrected chi connectivity index (χ2v) is 6.35. The first-order chi connectivity index (χ1) is 10.5. The van der Waals surface area contributed by atoms with E-state index in [1.807, 2.05) is 12.1 Å². The Bertz CT molecular complexity index is 640. The van der Waals surface area contributed by atoms with Crippen molar-refractivity contribution in [2.75, 3.05) is 20.2 Å². The normalized spacial score (nSPS) is 20.4. The third-order valence-electron chi connectivity index (χ3n) is 4.86. The first-order valence-electron chi connectivity index (χ1n) is 7.68. The quantitative estimate of drug-likeness (QED) is 0.804. The lowest BCUT2D eigenvalue weighted by Crippen LogP contribution is -2.43. The van der Waals surface area contributed by atoms with Crippen LogP contribution in [0, 0.1) is 0 Å². The number of nitrogens with zero attached hydrogens (tertiary/aromatic N) is 1. The van der Waals surface area contributed by atoms with Crippen LogP contribution in [0.3, 0.4) is 0 Å². The van der Waals surface area contributed by atoms with Crippen LogP contribution < -0.4 is 0 Å². The number of allylic oxidation sites excluding steroid dienone is 1. The average Bonchev–Trinajstić information content (AvgIpc) is 2.54. The highest BCUT2D eigenvalue weighted by Gasteiger charge is 2.32. The molecular formula is C18H21NO3. The maximum atomic E-state index is 12.0. The van der Waals surface area contributed by atoms with E-state index in [9.17, 15) is 9.59 Å². The van der Waals surface area contributed by atoms with Gasteiger partial charge < -0.3 is 9.64 Å². The topological polar surface area (TPSA) is 46.6 Å². The first-order valence-corrected chi connectivity index (χ1v) is 7.68. The first kappa shape index (κ1) is 15.0.